The quantitative estimate of drug-likeness (QED) is 0.409. The van der Waals surface area contributed by atoms with Crippen LogP contribution in [0, 0.1) is 0 Å². The van der Waals surface area contributed by atoms with Crippen molar-refractivity contribution in [2.45, 2.75) is 39.3 Å². The molecule has 0 radical (unpaired) electrons. The summed E-state index contributed by atoms with van der Waals surface area (Å²) in [6.07, 6.45) is 0.314. The fraction of sp³-hybridized carbons (Fsp3) is 0.300. The summed E-state index contributed by atoms with van der Waals surface area (Å²) in [5.74, 6) is -1.66. The van der Waals surface area contributed by atoms with Crippen LogP contribution in [0.1, 0.15) is 32.3 Å². The summed E-state index contributed by atoms with van der Waals surface area (Å²) in [5.41, 5.74) is 2.00. The second kappa shape index (κ2) is 10.6. The average Bonchev–Trinajstić information content (AvgIpc) is 2.59. The summed E-state index contributed by atoms with van der Waals surface area (Å²) in [5, 5.41) is 15.4. The van der Waals surface area contributed by atoms with Crippen molar-refractivity contribution < 1.29 is 19.4 Å². The molecule has 156 valence electrons. The van der Waals surface area contributed by atoms with E-state index in [-0.39, 0.29) is 28.1 Å². The zero-order valence-corrected chi connectivity index (χ0v) is 18.2. The third kappa shape index (κ3) is 7.31. The maximum Gasteiger partial charge on any atom is 0.312 e. The second-order valence-corrected chi connectivity index (χ2v) is 7.73. The first-order valence-corrected chi connectivity index (χ1v) is 10.0. The number of rotatable bonds is 9. The number of ether oxygens (including phenoxy) is 1. The molecule has 1 unspecified atom stereocenters. The van der Waals surface area contributed by atoms with Crippen molar-refractivity contribution in [3.63, 3.8) is 0 Å². The Kier molecular flexibility index (Phi) is 8.44. The van der Waals surface area contributed by atoms with E-state index in [1.165, 1.54) is 12.1 Å². The molecule has 0 saturated carbocycles. The maximum absolute atomic E-state index is 11.6. The number of hydrogen-bond acceptors (Lipinski definition) is 4. The molecule has 1 amide bonds. The number of carboxylic acid groups (broad SMARTS) is 1. The van der Waals surface area contributed by atoms with Crippen LogP contribution in [-0.2, 0) is 16.2 Å². The monoisotopic (exact) mass is 458 g/mol. The van der Waals surface area contributed by atoms with Crippen LogP contribution in [0.3, 0.4) is 0 Å². The normalized spacial score (nSPS) is 11.6. The van der Waals surface area contributed by atoms with Gasteiger partial charge in [0, 0.05) is 22.4 Å². The predicted octanol–water partition coefficient (Wildman–Crippen LogP) is 5.85. The summed E-state index contributed by atoms with van der Waals surface area (Å²) in [6.45, 7) is 4.34. The molecule has 6 nitrogen and oxygen atoms in total. The van der Waals surface area contributed by atoms with Gasteiger partial charge in [-0.2, -0.15) is 0 Å². The molecule has 0 saturated heterocycles. The van der Waals surface area contributed by atoms with Crippen molar-refractivity contribution in [1.82, 2.24) is 0 Å². The van der Waals surface area contributed by atoms with E-state index in [0.717, 1.165) is 17.7 Å². The number of carbonyl (C=O) groups excluding carboxylic acids is 1. The van der Waals surface area contributed by atoms with Crippen LogP contribution in [0.4, 0.5) is 11.4 Å². The van der Waals surface area contributed by atoms with Gasteiger partial charge in [-0.25, -0.2) is 0 Å². The Morgan fingerprint density at radius 3 is 2.31 bits per heavy atom. The van der Waals surface area contributed by atoms with E-state index in [1.807, 2.05) is 12.1 Å². The van der Waals surface area contributed by atoms with Crippen LogP contribution >= 0.6 is 34.8 Å². The van der Waals surface area contributed by atoms with Gasteiger partial charge >= 0.3 is 5.97 Å². The van der Waals surface area contributed by atoms with Crippen molar-refractivity contribution in [2.24, 2.45) is 0 Å². The molecule has 0 bridgehead atoms. The fourth-order valence-electron chi connectivity index (χ4n) is 2.47. The Hall–Kier alpha value is -2.15. The standard InChI is InChI=1S/C20H21Cl3N2O4/c1-3-11(2)24-14-5-12(4-13(21)6-14)10-29-20-16(22)7-15(8-17(20)23)25-18(26)9-19(27)28/h4-8,11,24H,3,9-10H2,1-2H3,(H,25,26)(H,27,28). The minimum atomic E-state index is -1.23. The van der Waals surface area contributed by atoms with Crippen LogP contribution in [-0.4, -0.2) is 23.0 Å². The third-order valence-electron chi connectivity index (χ3n) is 3.96. The van der Waals surface area contributed by atoms with Crippen molar-refractivity contribution in [3.05, 3.63) is 51.0 Å². The van der Waals surface area contributed by atoms with Crippen LogP contribution < -0.4 is 15.4 Å². The fourth-order valence-corrected chi connectivity index (χ4v) is 3.33. The molecule has 0 spiro atoms. The molecule has 0 aliphatic rings. The number of halogens is 3. The number of carbonyl (C=O) groups is 2. The van der Waals surface area contributed by atoms with Crippen molar-refractivity contribution in [1.29, 1.82) is 0 Å². The largest absolute Gasteiger partial charge is 0.486 e. The number of hydrogen-bond donors (Lipinski definition) is 3. The molecule has 2 rings (SSSR count). The number of amides is 1. The van der Waals surface area contributed by atoms with Crippen molar-refractivity contribution >= 4 is 58.1 Å². The van der Waals surface area contributed by atoms with Gasteiger partial charge in [0.15, 0.2) is 5.75 Å². The number of benzene rings is 2. The zero-order chi connectivity index (χ0) is 21.6. The van der Waals surface area contributed by atoms with Crippen LogP contribution in [0.15, 0.2) is 30.3 Å². The van der Waals surface area contributed by atoms with Gasteiger partial charge in [-0.15, -0.1) is 0 Å². The lowest BCUT2D eigenvalue weighted by atomic mass is 10.2. The molecule has 9 heteroatoms. The molecule has 2 aromatic carbocycles. The predicted molar refractivity (Wildman–Crippen MR) is 117 cm³/mol. The number of nitrogens with one attached hydrogen (secondary N) is 2. The highest BCUT2D eigenvalue weighted by atomic mass is 35.5. The minimum absolute atomic E-state index is 0.180. The molecule has 0 heterocycles. The van der Waals surface area contributed by atoms with Crippen LogP contribution in [0.25, 0.3) is 0 Å². The van der Waals surface area contributed by atoms with E-state index < -0.39 is 18.3 Å². The van der Waals surface area contributed by atoms with Gasteiger partial charge in [0.2, 0.25) is 5.91 Å². The first-order chi connectivity index (χ1) is 13.7. The summed E-state index contributed by atoms with van der Waals surface area (Å²) in [7, 11) is 0. The molecule has 0 aliphatic heterocycles. The lowest BCUT2D eigenvalue weighted by Gasteiger charge is -2.16. The van der Waals surface area contributed by atoms with Gasteiger partial charge in [0.25, 0.3) is 0 Å². The number of anilines is 2. The summed E-state index contributed by atoms with van der Waals surface area (Å²) in [6, 6.07) is 8.74. The molecule has 3 N–H and O–H groups in total. The van der Waals surface area contributed by atoms with Crippen molar-refractivity contribution in [3.8, 4) is 5.75 Å². The van der Waals surface area contributed by atoms with Gasteiger partial charge in [-0.05, 0) is 49.2 Å². The highest BCUT2D eigenvalue weighted by molar-refractivity contribution is 6.37. The van der Waals surface area contributed by atoms with E-state index >= 15 is 0 Å². The first kappa shape index (κ1) is 23.1. The smallest absolute Gasteiger partial charge is 0.312 e. The summed E-state index contributed by atoms with van der Waals surface area (Å²) < 4.78 is 5.76. The molecule has 1 atom stereocenters. The Bertz CT molecular complexity index is 882. The van der Waals surface area contributed by atoms with Crippen LogP contribution in [0.5, 0.6) is 5.75 Å². The van der Waals surface area contributed by atoms with E-state index in [9.17, 15) is 9.59 Å². The highest BCUT2D eigenvalue weighted by Crippen LogP contribution is 2.37. The van der Waals surface area contributed by atoms with Gasteiger partial charge < -0.3 is 20.5 Å². The van der Waals surface area contributed by atoms with Gasteiger partial charge in [0.05, 0.1) is 10.0 Å². The zero-order valence-electron chi connectivity index (χ0n) is 15.9. The van der Waals surface area contributed by atoms with Gasteiger partial charge in [-0.1, -0.05) is 41.7 Å². The van der Waals surface area contributed by atoms with E-state index in [2.05, 4.69) is 24.5 Å². The SMILES string of the molecule is CCC(C)Nc1cc(Cl)cc(COc2c(Cl)cc(NC(=O)CC(=O)O)cc2Cl)c1. The average molecular weight is 460 g/mol. The number of aliphatic carboxylic acids is 1. The van der Waals surface area contributed by atoms with Crippen LogP contribution in [0.2, 0.25) is 15.1 Å². The molecule has 0 aliphatic carbocycles. The van der Waals surface area contributed by atoms with E-state index in [4.69, 9.17) is 44.6 Å². The summed E-state index contributed by atoms with van der Waals surface area (Å²) >= 11 is 18.6. The van der Waals surface area contributed by atoms with Crippen molar-refractivity contribution in [2.75, 3.05) is 10.6 Å². The summed E-state index contributed by atoms with van der Waals surface area (Å²) in [4.78, 5) is 22.2. The third-order valence-corrected chi connectivity index (χ3v) is 4.74. The topological polar surface area (TPSA) is 87.7 Å². The number of carboxylic acids is 1. The molecule has 29 heavy (non-hydrogen) atoms. The van der Waals surface area contributed by atoms with E-state index in [1.54, 1.807) is 6.07 Å². The molecule has 0 fully saturated rings. The lowest BCUT2D eigenvalue weighted by Crippen LogP contribution is -2.15. The minimum Gasteiger partial charge on any atom is -0.486 e. The van der Waals surface area contributed by atoms with E-state index in [0.29, 0.717) is 11.1 Å². The Balaban J connectivity index is 2.11. The molecule has 0 aromatic heterocycles. The molecular formula is C20H21Cl3N2O4. The Labute approximate surface area is 184 Å². The first-order valence-electron chi connectivity index (χ1n) is 8.87. The Morgan fingerprint density at radius 1 is 1.07 bits per heavy atom. The molecular weight excluding hydrogens is 439 g/mol. The molecule has 2 aromatic rings. The van der Waals surface area contributed by atoms with Gasteiger partial charge in [0.1, 0.15) is 13.0 Å². The second-order valence-electron chi connectivity index (χ2n) is 6.48. The highest BCUT2D eigenvalue weighted by Gasteiger charge is 2.14. The Morgan fingerprint density at radius 2 is 1.72 bits per heavy atom. The maximum atomic E-state index is 11.6. The lowest BCUT2D eigenvalue weighted by molar-refractivity contribution is -0.139. The van der Waals surface area contributed by atoms with Gasteiger partial charge in [-0.3, -0.25) is 9.59 Å².